The van der Waals surface area contributed by atoms with Crippen LogP contribution < -0.4 is 10.6 Å². The number of rotatable bonds is 2. The maximum atomic E-state index is 11.8. The fourth-order valence-corrected chi connectivity index (χ4v) is 2.57. The number of hydrogen-bond acceptors (Lipinski definition) is 4. The Morgan fingerprint density at radius 3 is 2.95 bits per heavy atom. The molecular weight excluding hydrogens is 284 g/mol. The van der Waals surface area contributed by atoms with Crippen molar-refractivity contribution in [2.24, 2.45) is 0 Å². The molecule has 1 fully saturated rings. The molecule has 1 aromatic heterocycles. The van der Waals surface area contributed by atoms with Crippen LogP contribution in [-0.2, 0) is 0 Å². The van der Waals surface area contributed by atoms with Gasteiger partial charge in [-0.25, -0.2) is 4.79 Å². The van der Waals surface area contributed by atoms with Gasteiger partial charge in [0.2, 0.25) is 0 Å². The Morgan fingerprint density at radius 1 is 1.55 bits per heavy atom. The topological polar surface area (TPSA) is 94.6 Å². The van der Waals surface area contributed by atoms with E-state index in [4.69, 9.17) is 11.6 Å². The standard InChI is InChI=1S/C12H15ClN4O3/c1-14-11(18)10-7(3-2-4-16-10)8-5-15-6-9(13)17(8)12(19)20/h2-4,8-9,15H,5-6H2,1H3,(H,14,18)(H,19,20). The lowest BCUT2D eigenvalue weighted by Crippen LogP contribution is -2.53. The van der Waals surface area contributed by atoms with Crippen molar-refractivity contribution in [3.63, 3.8) is 0 Å². The van der Waals surface area contributed by atoms with Crippen molar-refractivity contribution in [3.8, 4) is 0 Å². The number of amides is 2. The van der Waals surface area contributed by atoms with E-state index in [1.807, 2.05) is 0 Å². The number of nitrogens with one attached hydrogen (secondary N) is 2. The fourth-order valence-electron chi connectivity index (χ4n) is 2.24. The van der Waals surface area contributed by atoms with Gasteiger partial charge in [0, 0.05) is 31.9 Å². The summed E-state index contributed by atoms with van der Waals surface area (Å²) in [6, 6.07) is 2.80. The first-order valence-electron chi connectivity index (χ1n) is 6.09. The average Bonchev–Trinajstić information content (AvgIpc) is 2.45. The molecule has 1 saturated heterocycles. The summed E-state index contributed by atoms with van der Waals surface area (Å²) in [7, 11) is 1.50. The summed E-state index contributed by atoms with van der Waals surface area (Å²) >= 11 is 6.05. The number of hydrogen-bond donors (Lipinski definition) is 3. The van der Waals surface area contributed by atoms with Crippen LogP contribution in [0.15, 0.2) is 18.3 Å². The molecule has 1 aliphatic heterocycles. The molecule has 0 saturated carbocycles. The molecule has 0 radical (unpaired) electrons. The minimum Gasteiger partial charge on any atom is -0.465 e. The van der Waals surface area contributed by atoms with Gasteiger partial charge >= 0.3 is 6.09 Å². The first-order chi connectivity index (χ1) is 9.56. The largest absolute Gasteiger partial charge is 0.465 e. The van der Waals surface area contributed by atoms with Crippen LogP contribution in [0.4, 0.5) is 4.79 Å². The third kappa shape index (κ3) is 2.68. The second-order valence-electron chi connectivity index (χ2n) is 4.32. The molecule has 1 aromatic rings. The molecule has 0 spiro atoms. The maximum Gasteiger partial charge on any atom is 0.409 e. The summed E-state index contributed by atoms with van der Waals surface area (Å²) < 4.78 is 0. The van der Waals surface area contributed by atoms with Gasteiger partial charge in [-0.3, -0.25) is 14.7 Å². The summed E-state index contributed by atoms with van der Waals surface area (Å²) in [5, 5.41) is 14.9. The zero-order chi connectivity index (χ0) is 14.7. The van der Waals surface area contributed by atoms with E-state index in [1.165, 1.54) is 13.2 Å². The Kier molecular flexibility index (Phi) is 4.41. The van der Waals surface area contributed by atoms with Crippen molar-refractivity contribution in [3.05, 3.63) is 29.6 Å². The molecule has 8 heteroatoms. The van der Waals surface area contributed by atoms with E-state index in [2.05, 4.69) is 15.6 Å². The summed E-state index contributed by atoms with van der Waals surface area (Å²) in [6.45, 7) is 0.741. The second-order valence-corrected chi connectivity index (χ2v) is 4.82. The molecule has 2 heterocycles. The third-order valence-electron chi connectivity index (χ3n) is 3.15. The van der Waals surface area contributed by atoms with Gasteiger partial charge in [-0.15, -0.1) is 0 Å². The van der Waals surface area contributed by atoms with E-state index in [-0.39, 0.29) is 11.6 Å². The van der Waals surface area contributed by atoms with Crippen molar-refractivity contribution in [2.75, 3.05) is 20.1 Å². The molecular formula is C12H15ClN4O3. The summed E-state index contributed by atoms with van der Waals surface area (Å²) in [4.78, 5) is 28.4. The highest BCUT2D eigenvalue weighted by Gasteiger charge is 2.36. The second kappa shape index (κ2) is 6.06. The molecule has 20 heavy (non-hydrogen) atoms. The molecule has 0 bridgehead atoms. The van der Waals surface area contributed by atoms with E-state index in [9.17, 15) is 14.7 Å². The number of piperazine rings is 1. The van der Waals surface area contributed by atoms with Crippen molar-refractivity contribution in [1.82, 2.24) is 20.5 Å². The molecule has 2 rings (SSSR count). The van der Waals surface area contributed by atoms with Crippen LogP contribution in [0.3, 0.4) is 0 Å². The van der Waals surface area contributed by atoms with Crippen LogP contribution in [0.25, 0.3) is 0 Å². The summed E-state index contributed by atoms with van der Waals surface area (Å²) in [5.41, 5.74) is 0.0508. The minimum absolute atomic E-state index is 0.207. The molecule has 3 N–H and O–H groups in total. The quantitative estimate of drug-likeness (QED) is 0.550. The van der Waals surface area contributed by atoms with Gasteiger partial charge < -0.3 is 15.7 Å². The fraction of sp³-hybridized carbons (Fsp3) is 0.417. The van der Waals surface area contributed by atoms with Gasteiger partial charge in [0.1, 0.15) is 11.2 Å². The average molecular weight is 299 g/mol. The first kappa shape index (κ1) is 14.5. The highest BCUT2D eigenvalue weighted by molar-refractivity contribution is 6.21. The SMILES string of the molecule is CNC(=O)c1ncccc1C1CNCC(Cl)N1C(=O)O. The molecule has 2 unspecified atom stereocenters. The van der Waals surface area contributed by atoms with E-state index in [0.29, 0.717) is 18.7 Å². The lowest BCUT2D eigenvalue weighted by Gasteiger charge is -2.38. The van der Waals surface area contributed by atoms with E-state index in [1.54, 1.807) is 12.1 Å². The van der Waals surface area contributed by atoms with Crippen LogP contribution in [0.5, 0.6) is 0 Å². The Bertz CT molecular complexity index is 525. The molecule has 2 atom stereocenters. The number of aromatic nitrogens is 1. The smallest absolute Gasteiger partial charge is 0.409 e. The molecule has 1 aliphatic rings. The number of alkyl halides is 1. The number of nitrogens with zero attached hydrogens (tertiary/aromatic N) is 2. The number of carboxylic acid groups (broad SMARTS) is 1. The monoisotopic (exact) mass is 298 g/mol. The predicted octanol–water partition coefficient (Wildman–Crippen LogP) is 0.630. The van der Waals surface area contributed by atoms with Gasteiger partial charge in [-0.05, 0) is 6.07 Å². The zero-order valence-corrected chi connectivity index (χ0v) is 11.6. The van der Waals surface area contributed by atoms with Gasteiger partial charge in [0.25, 0.3) is 5.91 Å². The van der Waals surface area contributed by atoms with Crippen molar-refractivity contribution < 1.29 is 14.7 Å². The number of pyridine rings is 1. The lowest BCUT2D eigenvalue weighted by molar-refractivity contribution is 0.0926. The van der Waals surface area contributed by atoms with E-state index >= 15 is 0 Å². The van der Waals surface area contributed by atoms with Crippen LogP contribution in [-0.4, -0.2) is 52.6 Å². The predicted molar refractivity (Wildman–Crippen MR) is 72.7 cm³/mol. The van der Waals surface area contributed by atoms with Gasteiger partial charge in [0.05, 0.1) is 6.04 Å². The van der Waals surface area contributed by atoms with Crippen LogP contribution >= 0.6 is 11.6 Å². The highest BCUT2D eigenvalue weighted by Crippen LogP contribution is 2.28. The summed E-state index contributed by atoms with van der Waals surface area (Å²) in [5.74, 6) is -0.359. The Labute approximate surface area is 120 Å². The molecule has 0 aliphatic carbocycles. The lowest BCUT2D eigenvalue weighted by atomic mass is 10.0. The number of halogens is 1. The summed E-state index contributed by atoms with van der Waals surface area (Å²) in [6.07, 6.45) is 0.372. The Hall–Kier alpha value is -1.86. The van der Waals surface area contributed by atoms with E-state index < -0.39 is 17.6 Å². The number of carbonyl (C=O) groups excluding carboxylic acids is 1. The third-order valence-corrected chi connectivity index (χ3v) is 3.51. The van der Waals surface area contributed by atoms with Crippen LogP contribution in [0, 0.1) is 0 Å². The molecule has 7 nitrogen and oxygen atoms in total. The van der Waals surface area contributed by atoms with E-state index in [0.717, 1.165) is 4.90 Å². The normalized spacial score (nSPS) is 22.4. The van der Waals surface area contributed by atoms with Crippen molar-refractivity contribution >= 4 is 23.6 Å². The van der Waals surface area contributed by atoms with Crippen molar-refractivity contribution in [2.45, 2.75) is 11.5 Å². The highest BCUT2D eigenvalue weighted by atomic mass is 35.5. The van der Waals surface area contributed by atoms with Gasteiger partial charge in [-0.2, -0.15) is 0 Å². The number of carbonyl (C=O) groups is 2. The molecule has 2 amide bonds. The molecule has 108 valence electrons. The van der Waals surface area contributed by atoms with Crippen LogP contribution in [0.1, 0.15) is 22.1 Å². The Morgan fingerprint density at radius 2 is 2.30 bits per heavy atom. The molecule has 0 aromatic carbocycles. The van der Waals surface area contributed by atoms with Crippen LogP contribution in [0.2, 0.25) is 0 Å². The van der Waals surface area contributed by atoms with Gasteiger partial charge in [0.15, 0.2) is 0 Å². The maximum absolute atomic E-state index is 11.8. The first-order valence-corrected chi connectivity index (χ1v) is 6.53. The van der Waals surface area contributed by atoms with Crippen molar-refractivity contribution in [1.29, 1.82) is 0 Å². The Balaban J connectivity index is 2.43. The van der Waals surface area contributed by atoms with Gasteiger partial charge in [-0.1, -0.05) is 17.7 Å². The zero-order valence-electron chi connectivity index (χ0n) is 10.8. The minimum atomic E-state index is -1.12.